The summed E-state index contributed by atoms with van der Waals surface area (Å²) < 4.78 is 0.940. The van der Waals surface area contributed by atoms with Gasteiger partial charge < -0.3 is 5.11 Å². The van der Waals surface area contributed by atoms with Crippen molar-refractivity contribution >= 4 is 44.4 Å². The minimum Gasteiger partial charge on any atom is -0.481 e. The average Bonchev–Trinajstić information content (AvgIpc) is 3.32. The Morgan fingerprint density at radius 3 is 2.35 bits per heavy atom. The molecule has 0 aliphatic carbocycles. The molecule has 1 aliphatic heterocycles. The fourth-order valence-electron chi connectivity index (χ4n) is 4.87. The van der Waals surface area contributed by atoms with E-state index in [1.807, 2.05) is 49.4 Å². The first-order valence-electron chi connectivity index (χ1n) is 12.2. The van der Waals surface area contributed by atoms with E-state index < -0.39 is 5.97 Å². The number of carboxylic acids is 1. The molecular weight excluding hydrogens is 530 g/mol. The molecule has 6 nitrogen and oxygen atoms in total. The van der Waals surface area contributed by atoms with E-state index in [1.54, 1.807) is 0 Å². The second-order valence-electron chi connectivity index (χ2n) is 9.28. The van der Waals surface area contributed by atoms with E-state index in [4.69, 9.17) is 15.2 Å². The van der Waals surface area contributed by atoms with Crippen molar-refractivity contribution in [2.24, 2.45) is 5.10 Å². The summed E-state index contributed by atoms with van der Waals surface area (Å²) in [4.78, 5) is 29.3. The van der Waals surface area contributed by atoms with E-state index in [2.05, 4.69) is 53.2 Å². The third kappa shape index (κ3) is 5.04. The summed E-state index contributed by atoms with van der Waals surface area (Å²) in [6, 6.07) is 23.9. The van der Waals surface area contributed by atoms with Crippen LogP contribution in [0, 0.1) is 13.8 Å². The maximum atomic E-state index is 13.2. The standard InChI is InChI=1S/C30H26BrN3O3/c1-18-7-9-21(10-8-18)30-23-5-3-4-6-24(23)32-19(2)29(30)25-17-26(20-11-13-22(31)14-12-20)34(33-25)27(35)15-16-28(36)37/h3-14,26H,15-17H2,1-2H3,(H,36,37)/t26-/m0/s1. The van der Waals surface area contributed by atoms with Crippen LogP contribution in [0.25, 0.3) is 22.0 Å². The SMILES string of the molecule is Cc1ccc(-c2c(C3=NN(C(=O)CCC(=O)O)[C@H](c4ccc(Br)cc4)C3)c(C)nc3ccccc23)cc1. The minimum atomic E-state index is -1.01. The highest BCUT2D eigenvalue weighted by molar-refractivity contribution is 9.10. The first-order chi connectivity index (χ1) is 17.8. The number of carbonyl (C=O) groups is 2. The van der Waals surface area contributed by atoms with Crippen LogP contribution in [0.5, 0.6) is 0 Å². The summed E-state index contributed by atoms with van der Waals surface area (Å²) in [5, 5.41) is 16.5. The predicted octanol–water partition coefficient (Wildman–Crippen LogP) is 6.82. The zero-order valence-corrected chi connectivity index (χ0v) is 22.2. The molecule has 0 spiro atoms. The Morgan fingerprint density at radius 1 is 0.946 bits per heavy atom. The Bertz CT molecular complexity index is 1530. The Kier molecular flexibility index (Phi) is 6.89. The number of hydrogen-bond donors (Lipinski definition) is 1. The van der Waals surface area contributed by atoms with Crippen LogP contribution in [0.15, 0.2) is 82.4 Å². The number of carbonyl (C=O) groups excluding carboxylic acids is 1. The maximum Gasteiger partial charge on any atom is 0.303 e. The van der Waals surface area contributed by atoms with E-state index in [0.29, 0.717) is 6.42 Å². The fourth-order valence-corrected chi connectivity index (χ4v) is 5.14. The summed E-state index contributed by atoms with van der Waals surface area (Å²) in [7, 11) is 0. The third-order valence-electron chi connectivity index (χ3n) is 6.68. The molecule has 37 heavy (non-hydrogen) atoms. The lowest BCUT2D eigenvalue weighted by Crippen LogP contribution is -2.27. The number of carboxylic acid groups (broad SMARTS) is 1. The highest BCUT2D eigenvalue weighted by Gasteiger charge is 2.35. The first kappa shape index (κ1) is 24.8. The first-order valence-corrected chi connectivity index (χ1v) is 12.9. The lowest BCUT2D eigenvalue weighted by Gasteiger charge is -2.22. The number of aromatic nitrogens is 1. The molecule has 1 aromatic heterocycles. The molecule has 3 aromatic carbocycles. The predicted molar refractivity (Wildman–Crippen MR) is 148 cm³/mol. The number of para-hydroxylation sites is 1. The Labute approximate surface area is 223 Å². The van der Waals surface area contributed by atoms with E-state index in [9.17, 15) is 9.59 Å². The van der Waals surface area contributed by atoms with E-state index >= 15 is 0 Å². The van der Waals surface area contributed by atoms with Gasteiger partial charge in [0.2, 0.25) is 5.91 Å². The number of hydrogen-bond acceptors (Lipinski definition) is 4. The normalized spacial score (nSPS) is 15.2. The van der Waals surface area contributed by atoms with E-state index in [-0.39, 0.29) is 24.8 Å². The van der Waals surface area contributed by atoms with Crippen LogP contribution in [0.2, 0.25) is 0 Å². The van der Waals surface area contributed by atoms with Crippen LogP contribution in [0.1, 0.15) is 47.7 Å². The second kappa shape index (κ2) is 10.3. The zero-order chi connectivity index (χ0) is 26.1. The minimum absolute atomic E-state index is 0.112. The van der Waals surface area contributed by atoms with Crippen molar-refractivity contribution in [1.29, 1.82) is 0 Å². The number of aliphatic carboxylic acids is 1. The van der Waals surface area contributed by atoms with Crippen molar-refractivity contribution in [1.82, 2.24) is 9.99 Å². The van der Waals surface area contributed by atoms with Crippen molar-refractivity contribution in [2.75, 3.05) is 0 Å². The van der Waals surface area contributed by atoms with Gasteiger partial charge >= 0.3 is 5.97 Å². The van der Waals surface area contributed by atoms with Gasteiger partial charge in [0.05, 0.1) is 23.7 Å². The van der Waals surface area contributed by atoms with Gasteiger partial charge in [0.1, 0.15) is 0 Å². The molecule has 2 heterocycles. The quantitative estimate of drug-likeness (QED) is 0.283. The summed E-state index contributed by atoms with van der Waals surface area (Å²) in [5.41, 5.74) is 7.62. The zero-order valence-electron chi connectivity index (χ0n) is 20.6. The molecule has 0 saturated carbocycles. The molecule has 0 fully saturated rings. The van der Waals surface area contributed by atoms with Gasteiger partial charge in [-0.3, -0.25) is 14.6 Å². The van der Waals surface area contributed by atoms with Crippen molar-refractivity contribution in [3.05, 3.63) is 99.7 Å². The van der Waals surface area contributed by atoms with Gasteiger partial charge in [0.25, 0.3) is 0 Å². The number of amides is 1. The number of benzene rings is 3. The van der Waals surface area contributed by atoms with Gasteiger partial charge in [-0.2, -0.15) is 5.10 Å². The lowest BCUT2D eigenvalue weighted by molar-refractivity contribution is -0.141. The van der Waals surface area contributed by atoms with Crippen molar-refractivity contribution in [3.8, 4) is 11.1 Å². The third-order valence-corrected chi connectivity index (χ3v) is 7.20. The van der Waals surface area contributed by atoms with Crippen LogP contribution in [-0.4, -0.2) is 32.7 Å². The number of aryl methyl sites for hydroxylation is 2. The lowest BCUT2D eigenvalue weighted by atomic mass is 9.89. The smallest absolute Gasteiger partial charge is 0.303 e. The summed E-state index contributed by atoms with van der Waals surface area (Å²) in [5.74, 6) is -1.32. The van der Waals surface area contributed by atoms with Gasteiger partial charge in [-0.1, -0.05) is 76.1 Å². The molecule has 0 saturated heterocycles. The number of hydrazone groups is 1. The molecule has 1 N–H and O–H groups in total. The molecule has 4 aromatic rings. The van der Waals surface area contributed by atoms with Gasteiger partial charge in [-0.05, 0) is 43.2 Å². The van der Waals surface area contributed by atoms with Crippen molar-refractivity contribution in [3.63, 3.8) is 0 Å². The summed E-state index contributed by atoms with van der Waals surface area (Å²) in [6.45, 7) is 4.04. The van der Waals surface area contributed by atoms with Crippen molar-refractivity contribution < 1.29 is 14.7 Å². The molecule has 1 amide bonds. The molecule has 5 rings (SSSR count). The van der Waals surface area contributed by atoms with Gasteiger partial charge in [0, 0.05) is 39.5 Å². The molecule has 0 bridgehead atoms. The van der Waals surface area contributed by atoms with E-state index in [1.165, 1.54) is 10.6 Å². The number of halogens is 1. The van der Waals surface area contributed by atoms with Gasteiger partial charge in [0.15, 0.2) is 0 Å². The topological polar surface area (TPSA) is 82.9 Å². The van der Waals surface area contributed by atoms with Crippen LogP contribution in [-0.2, 0) is 9.59 Å². The molecule has 0 radical (unpaired) electrons. The molecular formula is C30H26BrN3O3. The number of fused-ring (bicyclic) bond motifs is 1. The van der Waals surface area contributed by atoms with Crippen molar-refractivity contribution in [2.45, 2.75) is 39.2 Å². The Morgan fingerprint density at radius 2 is 1.65 bits per heavy atom. The second-order valence-corrected chi connectivity index (χ2v) is 10.2. The average molecular weight is 556 g/mol. The molecule has 1 atom stereocenters. The molecule has 1 aliphatic rings. The highest BCUT2D eigenvalue weighted by Crippen LogP contribution is 2.39. The number of rotatable bonds is 6. The molecule has 7 heteroatoms. The molecule has 186 valence electrons. The number of pyridine rings is 1. The van der Waals surface area contributed by atoms with Crippen LogP contribution < -0.4 is 0 Å². The van der Waals surface area contributed by atoms with Crippen LogP contribution in [0.4, 0.5) is 0 Å². The number of nitrogens with zero attached hydrogens (tertiary/aromatic N) is 3. The Balaban J connectivity index is 1.67. The maximum absolute atomic E-state index is 13.2. The van der Waals surface area contributed by atoms with E-state index in [0.717, 1.165) is 49.0 Å². The monoisotopic (exact) mass is 555 g/mol. The van der Waals surface area contributed by atoms with Gasteiger partial charge in [-0.25, -0.2) is 5.01 Å². The van der Waals surface area contributed by atoms with Gasteiger partial charge in [-0.15, -0.1) is 0 Å². The fraction of sp³-hybridized carbons (Fsp3) is 0.200. The summed E-state index contributed by atoms with van der Waals surface area (Å²) >= 11 is 3.48. The largest absolute Gasteiger partial charge is 0.481 e. The Hall–Kier alpha value is -3.84. The van der Waals surface area contributed by atoms with Crippen LogP contribution >= 0.6 is 15.9 Å². The molecule has 0 unspecified atom stereocenters. The summed E-state index contributed by atoms with van der Waals surface area (Å²) in [6.07, 6.45) is 0.150. The van der Waals surface area contributed by atoms with Crippen LogP contribution in [0.3, 0.4) is 0 Å². The highest BCUT2D eigenvalue weighted by atomic mass is 79.9.